The van der Waals surface area contributed by atoms with E-state index in [2.05, 4.69) is 0 Å². The van der Waals surface area contributed by atoms with Crippen LogP contribution in [0.15, 0.2) is 42.5 Å². The van der Waals surface area contributed by atoms with Gasteiger partial charge in [-0.2, -0.15) is 0 Å². The van der Waals surface area contributed by atoms with Crippen molar-refractivity contribution in [3.8, 4) is 0 Å². The molecule has 0 aliphatic rings. The van der Waals surface area contributed by atoms with Gasteiger partial charge in [0.15, 0.2) is 12.4 Å². The number of Topliss-reactive ketones (excluding diaryl/α,β-unsaturated/α-hetero) is 1. The number of halogens is 2. The van der Waals surface area contributed by atoms with Crippen molar-refractivity contribution in [1.29, 1.82) is 0 Å². The number of nitro benzene ring substituents is 1. The molecule has 0 aliphatic heterocycles. The van der Waals surface area contributed by atoms with Crippen LogP contribution in [0.3, 0.4) is 0 Å². The smallest absolute Gasteiger partial charge is 0.340 e. The average Bonchev–Trinajstić information content (AvgIpc) is 2.53. The number of carbonyl (C=O) groups excluding carboxylic acids is 2. The third-order valence-corrected chi connectivity index (χ3v) is 3.21. The summed E-state index contributed by atoms with van der Waals surface area (Å²) in [6, 6.07) is 8.02. The first-order valence-corrected chi connectivity index (χ1v) is 6.66. The monoisotopic (exact) mass is 337 g/mol. The van der Waals surface area contributed by atoms with E-state index in [1.807, 2.05) is 0 Å². The Bertz CT molecular complexity index is 776. The zero-order chi connectivity index (χ0) is 17.0. The van der Waals surface area contributed by atoms with Gasteiger partial charge in [0.2, 0.25) is 0 Å². The van der Waals surface area contributed by atoms with Crippen LogP contribution in [0.25, 0.3) is 0 Å². The van der Waals surface area contributed by atoms with Gasteiger partial charge in [0.1, 0.15) is 5.82 Å². The fourth-order valence-corrected chi connectivity index (χ4v) is 1.91. The van der Waals surface area contributed by atoms with Crippen LogP contribution >= 0.6 is 11.6 Å². The van der Waals surface area contributed by atoms with Crippen molar-refractivity contribution >= 4 is 29.0 Å². The molecule has 0 fully saturated rings. The van der Waals surface area contributed by atoms with Gasteiger partial charge in [-0.1, -0.05) is 11.6 Å². The molecule has 0 saturated carbocycles. The van der Waals surface area contributed by atoms with Crippen LogP contribution < -0.4 is 0 Å². The molecule has 0 amide bonds. The zero-order valence-electron chi connectivity index (χ0n) is 11.5. The molecule has 0 bridgehead atoms. The third-order valence-electron chi connectivity index (χ3n) is 2.88. The summed E-state index contributed by atoms with van der Waals surface area (Å²) in [5.41, 5.74) is -0.372. The summed E-state index contributed by atoms with van der Waals surface area (Å²) < 4.78 is 17.6. The highest BCUT2D eigenvalue weighted by Gasteiger charge is 2.18. The SMILES string of the molecule is O=C(COC(=O)c1cc([N+](=O)[O-])ccc1Cl)c1ccc(F)cc1. The number of rotatable bonds is 5. The van der Waals surface area contributed by atoms with Gasteiger partial charge in [-0.05, 0) is 30.3 Å². The van der Waals surface area contributed by atoms with Crippen LogP contribution in [0.2, 0.25) is 5.02 Å². The number of esters is 1. The topological polar surface area (TPSA) is 86.5 Å². The fourth-order valence-electron chi connectivity index (χ4n) is 1.71. The van der Waals surface area contributed by atoms with E-state index in [0.717, 1.165) is 24.3 Å². The minimum Gasteiger partial charge on any atom is -0.454 e. The molecular formula is C15H9ClFNO5. The lowest BCUT2D eigenvalue weighted by Gasteiger charge is -2.06. The summed E-state index contributed by atoms with van der Waals surface area (Å²) in [5.74, 6) is -2.00. The molecule has 0 aliphatic carbocycles. The standard InChI is InChI=1S/C15H9ClFNO5/c16-13-6-5-11(18(21)22)7-12(13)15(20)23-8-14(19)9-1-3-10(17)4-2-9/h1-7H,8H2. The number of nitrogens with zero attached hydrogens (tertiary/aromatic N) is 1. The Labute approximate surface area is 134 Å². The van der Waals surface area contributed by atoms with E-state index < -0.39 is 29.1 Å². The van der Waals surface area contributed by atoms with Gasteiger partial charge in [-0.3, -0.25) is 14.9 Å². The van der Waals surface area contributed by atoms with Gasteiger partial charge in [0.05, 0.1) is 15.5 Å². The Kier molecular flexibility index (Phi) is 5.02. The molecule has 6 nitrogen and oxygen atoms in total. The number of hydrogen-bond acceptors (Lipinski definition) is 5. The van der Waals surface area contributed by atoms with Crippen molar-refractivity contribution in [2.24, 2.45) is 0 Å². The minimum atomic E-state index is -0.964. The first kappa shape index (κ1) is 16.6. The number of hydrogen-bond donors (Lipinski definition) is 0. The van der Waals surface area contributed by atoms with E-state index in [-0.39, 0.29) is 21.8 Å². The van der Waals surface area contributed by atoms with E-state index in [1.165, 1.54) is 18.2 Å². The highest BCUT2D eigenvalue weighted by Crippen LogP contribution is 2.22. The molecule has 0 atom stereocenters. The second-order valence-electron chi connectivity index (χ2n) is 4.43. The van der Waals surface area contributed by atoms with Crippen molar-refractivity contribution in [2.75, 3.05) is 6.61 Å². The molecule has 0 heterocycles. The molecule has 2 aromatic carbocycles. The molecule has 0 unspecified atom stereocenters. The summed E-state index contributed by atoms with van der Waals surface area (Å²) in [6.07, 6.45) is 0. The average molecular weight is 338 g/mol. The predicted octanol–water partition coefficient (Wildman–Crippen LogP) is 3.43. The maximum Gasteiger partial charge on any atom is 0.340 e. The van der Waals surface area contributed by atoms with Crippen LogP contribution in [0.5, 0.6) is 0 Å². The third kappa shape index (κ3) is 4.10. The summed E-state index contributed by atoms with van der Waals surface area (Å²) in [4.78, 5) is 33.7. The van der Waals surface area contributed by atoms with Crippen molar-refractivity contribution in [1.82, 2.24) is 0 Å². The van der Waals surface area contributed by atoms with E-state index in [4.69, 9.17) is 16.3 Å². The number of ether oxygens (including phenoxy) is 1. The highest BCUT2D eigenvalue weighted by atomic mass is 35.5. The van der Waals surface area contributed by atoms with E-state index in [0.29, 0.717) is 0 Å². The Hall–Kier alpha value is -2.80. The molecule has 0 aromatic heterocycles. The minimum absolute atomic E-state index is 0.0326. The second kappa shape index (κ2) is 6.97. The maximum atomic E-state index is 12.8. The molecule has 2 aromatic rings. The van der Waals surface area contributed by atoms with E-state index >= 15 is 0 Å². The Balaban J connectivity index is 2.07. The molecule has 118 valence electrons. The van der Waals surface area contributed by atoms with Gasteiger partial charge >= 0.3 is 5.97 Å². The number of non-ortho nitro benzene ring substituents is 1. The van der Waals surface area contributed by atoms with E-state index in [1.54, 1.807) is 0 Å². The second-order valence-corrected chi connectivity index (χ2v) is 4.83. The van der Waals surface area contributed by atoms with Gasteiger partial charge in [-0.15, -0.1) is 0 Å². The molecule has 0 N–H and O–H groups in total. The van der Waals surface area contributed by atoms with Gasteiger partial charge in [0, 0.05) is 17.7 Å². The van der Waals surface area contributed by atoms with E-state index in [9.17, 15) is 24.1 Å². The summed E-state index contributed by atoms with van der Waals surface area (Å²) in [5, 5.41) is 10.7. The molecular weight excluding hydrogens is 329 g/mol. The van der Waals surface area contributed by atoms with Crippen LogP contribution in [-0.4, -0.2) is 23.3 Å². The summed E-state index contributed by atoms with van der Waals surface area (Å²) >= 11 is 5.80. The molecule has 2 rings (SSSR count). The molecule has 0 saturated heterocycles. The normalized spacial score (nSPS) is 10.2. The summed E-state index contributed by atoms with van der Waals surface area (Å²) in [7, 11) is 0. The van der Waals surface area contributed by atoms with Crippen molar-refractivity contribution < 1.29 is 23.6 Å². The molecule has 23 heavy (non-hydrogen) atoms. The Morgan fingerprint density at radius 3 is 2.43 bits per heavy atom. The van der Waals surface area contributed by atoms with Crippen molar-refractivity contribution in [3.05, 3.63) is 74.5 Å². The first-order chi connectivity index (χ1) is 10.9. The van der Waals surface area contributed by atoms with Crippen LogP contribution in [0.1, 0.15) is 20.7 Å². The highest BCUT2D eigenvalue weighted by molar-refractivity contribution is 6.33. The lowest BCUT2D eigenvalue weighted by atomic mass is 10.1. The molecule has 0 radical (unpaired) electrons. The fraction of sp³-hybridized carbons (Fsp3) is 0.0667. The number of carbonyl (C=O) groups is 2. The summed E-state index contributed by atoms with van der Waals surface area (Å²) in [6.45, 7) is -0.594. The van der Waals surface area contributed by atoms with Crippen molar-refractivity contribution in [3.63, 3.8) is 0 Å². The van der Waals surface area contributed by atoms with Crippen LogP contribution in [-0.2, 0) is 4.74 Å². The zero-order valence-corrected chi connectivity index (χ0v) is 12.2. The van der Waals surface area contributed by atoms with Crippen LogP contribution in [0, 0.1) is 15.9 Å². The van der Waals surface area contributed by atoms with Gasteiger partial charge in [-0.25, -0.2) is 9.18 Å². The number of benzene rings is 2. The number of nitro groups is 1. The van der Waals surface area contributed by atoms with Crippen LogP contribution in [0.4, 0.5) is 10.1 Å². The first-order valence-electron chi connectivity index (χ1n) is 6.28. The van der Waals surface area contributed by atoms with Crippen molar-refractivity contribution in [2.45, 2.75) is 0 Å². The largest absolute Gasteiger partial charge is 0.454 e. The van der Waals surface area contributed by atoms with Gasteiger partial charge < -0.3 is 4.74 Å². The Morgan fingerprint density at radius 2 is 1.83 bits per heavy atom. The van der Waals surface area contributed by atoms with Gasteiger partial charge in [0.25, 0.3) is 5.69 Å². The maximum absolute atomic E-state index is 12.8. The molecule has 8 heteroatoms. The Morgan fingerprint density at radius 1 is 1.17 bits per heavy atom. The predicted molar refractivity (Wildman–Crippen MR) is 79.1 cm³/mol. The number of ketones is 1. The quantitative estimate of drug-likeness (QED) is 0.361. The molecule has 0 spiro atoms. The lowest BCUT2D eigenvalue weighted by molar-refractivity contribution is -0.384. The lowest BCUT2D eigenvalue weighted by Crippen LogP contribution is -2.14.